The van der Waals surface area contributed by atoms with Crippen molar-refractivity contribution in [3.8, 4) is 5.75 Å². The standard InChI is InChI=1S/C15H19N3O3/c1-2-6-20-15(19)13-8-12(9-18-13)21-11-5-3-4-10(7-11)14(16)17/h2-5,7,12-13,18H,1,6,8-9H2,(H3,16,17)/t12-,13+/m1/s1. The minimum atomic E-state index is -0.356. The molecule has 0 amide bonds. The number of nitrogens with two attached hydrogens (primary N) is 1. The van der Waals surface area contributed by atoms with Gasteiger partial charge in [0, 0.05) is 18.5 Å². The molecule has 6 heteroatoms. The Morgan fingerprint density at radius 3 is 3.10 bits per heavy atom. The maximum absolute atomic E-state index is 11.7. The van der Waals surface area contributed by atoms with Crippen molar-refractivity contribution in [3.05, 3.63) is 42.5 Å². The van der Waals surface area contributed by atoms with Crippen molar-refractivity contribution in [1.29, 1.82) is 5.41 Å². The highest BCUT2D eigenvalue weighted by molar-refractivity contribution is 5.95. The van der Waals surface area contributed by atoms with Gasteiger partial charge in [0.25, 0.3) is 0 Å². The lowest BCUT2D eigenvalue weighted by Gasteiger charge is -2.13. The molecule has 0 aromatic heterocycles. The minimum absolute atomic E-state index is 0.00382. The highest BCUT2D eigenvalue weighted by atomic mass is 16.5. The van der Waals surface area contributed by atoms with E-state index in [4.69, 9.17) is 20.6 Å². The molecule has 1 aromatic carbocycles. The summed E-state index contributed by atoms with van der Waals surface area (Å²) in [6.07, 6.45) is 1.96. The van der Waals surface area contributed by atoms with E-state index in [0.717, 1.165) is 0 Å². The topological polar surface area (TPSA) is 97.4 Å². The fraction of sp³-hybridized carbons (Fsp3) is 0.333. The summed E-state index contributed by atoms with van der Waals surface area (Å²) in [5, 5.41) is 10.5. The molecule has 112 valence electrons. The van der Waals surface area contributed by atoms with Gasteiger partial charge in [0.15, 0.2) is 0 Å². The zero-order valence-electron chi connectivity index (χ0n) is 11.7. The summed E-state index contributed by atoms with van der Waals surface area (Å²) in [5.74, 6) is 0.337. The summed E-state index contributed by atoms with van der Waals surface area (Å²) in [7, 11) is 0. The maximum atomic E-state index is 11.7. The van der Waals surface area contributed by atoms with Gasteiger partial charge in [-0.3, -0.25) is 10.2 Å². The molecular formula is C15H19N3O3. The summed E-state index contributed by atoms with van der Waals surface area (Å²) in [5.41, 5.74) is 6.06. The van der Waals surface area contributed by atoms with Gasteiger partial charge in [-0.15, -0.1) is 0 Å². The van der Waals surface area contributed by atoms with Crippen molar-refractivity contribution in [2.75, 3.05) is 13.2 Å². The predicted molar refractivity (Wildman–Crippen MR) is 79.4 cm³/mol. The van der Waals surface area contributed by atoms with Crippen LogP contribution in [0.2, 0.25) is 0 Å². The summed E-state index contributed by atoms with van der Waals surface area (Å²) in [4.78, 5) is 11.7. The molecule has 2 atom stereocenters. The van der Waals surface area contributed by atoms with Crippen LogP contribution in [0.1, 0.15) is 12.0 Å². The molecule has 2 rings (SSSR count). The second kappa shape index (κ2) is 6.90. The van der Waals surface area contributed by atoms with Crippen LogP contribution >= 0.6 is 0 Å². The lowest BCUT2D eigenvalue weighted by molar-refractivity contribution is -0.144. The minimum Gasteiger partial charge on any atom is -0.489 e. The highest BCUT2D eigenvalue weighted by Gasteiger charge is 2.31. The first-order valence-corrected chi connectivity index (χ1v) is 6.72. The third kappa shape index (κ3) is 4.06. The summed E-state index contributed by atoms with van der Waals surface area (Å²) in [6.45, 7) is 4.28. The van der Waals surface area contributed by atoms with Crippen LogP contribution in [-0.4, -0.2) is 37.1 Å². The van der Waals surface area contributed by atoms with Gasteiger partial charge in [0.1, 0.15) is 30.3 Å². The summed E-state index contributed by atoms with van der Waals surface area (Å²) in [6, 6.07) is 6.69. The molecule has 4 N–H and O–H groups in total. The van der Waals surface area contributed by atoms with Crippen molar-refractivity contribution in [1.82, 2.24) is 5.32 Å². The number of ether oxygens (including phenoxy) is 2. The van der Waals surface area contributed by atoms with Crippen LogP contribution in [0.15, 0.2) is 36.9 Å². The molecule has 6 nitrogen and oxygen atoms in total. The average molecular weight is 289 g/mol. The van der Waals surface area contributed by atoms with Crippen molar-refractivity contribution in [2.45, 2.75) is 18.6 Å². The Hall–Kier alpha value is -2.34. The van der Waals surface area contributed by atoms with Crippen molar-refractivity contribution >= 4 is 11.8 Å². The molecule has 1 aliphatic heterocycles. The fourth-order valence-electron chi connectivity index (χ4n) is 2.14. The Balaban J connectivity index is 1.90. The van der Waals surface area contributed by atoms with E-state index in [9.17, 15) is 4.79 Å². The van der Waals surface area contributed by atoms with Crippen molar-refractivity contribution in [2.24, 2.45) is 5.73 Å². The number of esters is 1. The second-order valence-electron chi connectivity index (χ2n) is 4.80. The third-order valence-corrected chi connectivity index (χ3v) is 3.17. The van der Waals surface area contributed by atoms with E-state index in [1.807, 2.05) is 0 Å². The molecule has 0 radical (unpaired) electrons. The van der Waals surface area contributed by atoms with Gasteiger partial charge in [0.2, 0.25) is 0 Å². The number of nitrogen functional groups attached to an aromatic ring is 1. The smallest absolute Gasteiger partial charge is 0.323 e. The van der Waals surface area contributed by atoms with Gasteiger partial charge in [-0.05, 0) is 12.1 Å². The Kier molecular flexibility index (Phi) is 4.94. The molecule has 1 aromatic rings. The predicted octanol–water partition coefficient (Wildman–Crippen LogP) is 0.809. The lowest BCUT2D eigenvalue weighted by Crippen LogP contribution is -2.32. The first-order chi connectivity index (χ1) is 10.1. The van der Waals surface area contributed by atoms with Gasteiger partial charge in [-0.1, -0.05) is 24.8 Å². The van der Waals surface area contributed by atoms with E-state index in [1.54, 1.807) is 24.3 Å². The number of amidine groups is 1. The summed E-state index contributed by atoms with van der Waals surface area (Å²) < 4.78 is 10.8. The van der Waals surface area contributed by atoms with E-state index in [2.05, 4.69) is 11.9 Å². The van der Waals surface area contributed by atoms with Crippen molar-refractivity contribution in [3.63, 3.8) is 0 Å². The van der Waals surface area contributed by atoms with Crippen LogP contribution in [0.25, 0.3) is 0 Å². The number of carbonyl (C=O) groups excluding carboxylic acids is 1. The van der Waals surface area contributed by atoms with E-state index in [0.29, 0.717) is 24.3 Å². The Bertz CT molecular complexity index is 545. The zero-order chi connectivity index (χ0) is 15.2. The quantitative estimate of drug-likeness (QED) is 0.311. The van der Waals surface area contributed by atoms with Gasteiger partial charge in [-0.2, -0.15) is 0 Å². The molecule has 0 aliphatic carbocycles. The fourth-order valence-corrected chi connectivity index (χ4v) is 2.14. The van der Waals surface area contributed by atoms with Crippen LogP contribution in [-0.2, 0) is 9.53 Å². The molecule has 1 aliphatic rings. The molecular weight excluding hydrogens is 270 g/mol. The summed E-state index contributed by atoms with van der Waals surface area (Å²) >= 11 is 0. The van der Waals surface area contributed by atoms with Gasteiger partial charge in [-0.25, -0.2) is 0 Å². The molecule has 21 heavy (non-hydrogen) atoms. The van der Waals surface area contributed by atoms with Crippen LogP contribution in [0, 0.1) is 5.41 Å². The number of hydrogen-bond donors (Lipinski definition) is 3. The van der Waals surface area contributed by atoms with E-state index >= 15 is 0 Å². The molecule has 0 saturated carbocycles. The third-order valence-electron chi connectivity index (χ3n) is 3.17. The van der Waals surface area contributed by atoms with Crippen LogP contribution < -0.4 is 15.8 Å². The van der Waals surface area contributed by atoms with Crippen LogP contribution in [0.4, 0.5) is 0 Å². The number of rotatable bonds is 6. The van der Waals surface area contributed by atoms with Gasteiger partial charge >= 0.3 is 5.97 Å². The zero-order valence-corrected chi connectivity index (χ0v) is 11.7. The largest absolute Gasteiger partial charge is 0.489 e. The SMILES string of the molecule is C=CCOC(=O)[C@@H]1C[C@@H](Oc2cccc(C(=N)N)c2)CN1. The van der Waals surface area contributed by atoms with Gasteiger partial charge < -0.3 is 20.5 Å². The second-order valence-corrected chi connectivity index (χ2v) is 4.80. The average Bonchev–Trinajstić information content (AvgIpc) is 2.93. The van der Waals surface area contributed by atoms with E-state index in [1.165, 1.54) is 6.08 Å². The Morgan fingerprint density at radius 2 is 2.38 bits per heavy atom. The number of nitrogens with one attached hydrogen (secondary N) is 2. The molecule has 1 saturated heterocycles. The molecule has 0 bridgehead atoms. The first-order valence-electron chi connectivity index (χ1n) is 6.72. The van der Waals surface area contributed by atoms with E-state index < -0.39 is 0 Å². The number of benzene rings is 1. The maximum Gasteiger partial charge on any atom is 0.323 e. The van der Waals surface area contributed by atoms with Crippen molar-refractivity contribution < 1.29 is 14.3 Å². The van der Waals surface area contributed by atoms with Crippen LogP contribution in [0.3, 0.4) is 0 Å². The van der Waals surface area contributed by atoms with Gasteiger partial charge in [0.05, 0.1) is 0 Å². The molecule has 1 heterocycles. The Labute approximate surface area is 123 Å². The normalized spacial score (nSPS) is 20.8. The molecule has 0 unspecified atom stereocenters. The lowest BCUT2D eigenvalue weighted by atomic mass is 10.2. The first kappa shape index (κ1) is 15.1. The highest BCUT2D eigenvalue weighted by Crippen LogP contribution is 2.19. The van der Waals surface area contributed by atoms with Crippen LogP contribution in [0.5, 0.6) is 5.75 Å². The monoisotopic (exact) mass is 289 g/mol. The molecule has 0 spiro atoms. The number of hydrogen-bond acceptors (Lipinski definition) is 5. The Morgan fingerprint density at radius 1 is 1.57 bits per heavy atom. The van der Waals surface area contributed by atoms with E-state index in [-0.39, 0.29) is 30.6 Å². The number of carbonyl (C=O) groups is 1. The molecule has 1 fully saturated rings.